The Bertz CT molecular complexity index is 254. The molecule has 0 aromatic heterocycles. The summed E-state index contributed by atoms with van der Waals surface area (Å²) >= 11 is 0. The third-order valence-corrected chi connectivity index (χ3v) is 2.91. The summed E-state index contributed by atoms with van der Waals surface area (Å²) in [6.07, 6.45) is 0.682. The van der Waals surface area contributed by atoms with Gasteiger partial charge < -0.3 is 15.2 Å². The number of alkyl halides is 2. The Morgan fingerprint density at radius 2 is 1.94 bits per heavy atom. The number of halogens is 2. The predicted molar refractivity (Wildman–Crippen MR) is 57.7 cm³/mol. The van der Waals surface area contributed by atoms with E-state index in [0.29, 0.717) is 6.42 Å². The van der Waals surface area contributed by atoms with Crippen molar-refractivity contribution < 1.29 is 18.6 Å². The fourth-order valence-corrected chi connectivity index (χ4v) is 2.21. The SMILES string of the molecule is CC1(C)CC(NCC(F)(F)CO)C(C)(C)O1. The fourth-order valence-electron chi connectivity index (χ4n) is 2.21. The number of rotatable bonds is 4. The number of ether oxygens (including phenoxy) is 1. The molecule has 1 atom stereocenters. The normalized spacial score (nSPS) is 28.3. The van der Waals surface area contributed by atoms with Gasteiger partial charge in [-0.2, -0.15) is 0 Å². The molecule has 0 aromatic carbocycles. The van der Waals surface area contributed by atoms with Crippen molar-refractivity contribution in [1.82, 2.24) is 5.32 Å². The molecule has 0 saturated carbocycles. The van der Waals surface area contributed by atoms with Crippen LogP contribution in [0.4, 0.5) is 8.78 Å². The molecule has 1 aliphatic heterocycles. The Morgan fingerprint density at radius 3 is 2.31 bits per heavy atom. The van der Waals surface area contributed by atoms with Gasteiger partial charge >= 0.3 is 0 Å². The van der Waals surface area contributed by atoms with E-state index in [0.717, 1.165) is 0 Å². The Hall–Kier alpha value is -0.260. The predicted octanol–water partition coefficient (Wildman–Crippen LogP) is 1.55. The van der Waals surface area contributed by atoms with E-state index in [1.165, 1.54) is 0 Å². The highest BCUT2D eigenvalue weighted by Gasteiger charge is 2.46. The second-order valence-electron chi connectivity index (χ2n) is 5.62. The Balaban J connectivity index is 2.55. The van der Waals surface area contributed by atoms with Gasteiger partial charge in [-0.3, -0.25) is 0 Å². The molecule has 0 aliphatic carbocycles. The van der Waals surface area contributed by atoms with Crippen molar-refractivity contribution in [3.05, 3.63) is 0 Å². The lowest BCUT2D eigenvalue weighted by atomic mass is 9.94. The average Bonchev–Trinajstić information content (AvgIpc) is 2.31. The highest BCUT2D eigenvalue weighted by atomic mass is 19.3. The molecule has 1 heterocycles. The Labute approximate surface area is 95.2 Å². The van der Waals surface area contributed by atoms with Crippen molar-refractivity contribution in [1.29, 1.82) is 0 Å². The van der Waals surface area contributed by atoms with Crippen LogP contribution in [0.2, 0.25) is 0 Å². The fraction of sp³-hybridized carbons (Fsp3) is 1.00. The monoisotopic (exact) mass is 237 g/mol. The van der Waals surface area contributed by atoms with Crippen molar-refractivity contribution in [2.24, 2.45) is 0 Å². The van der Waals surface area contributed by atoms with Crippen molar-refractivity contribution in [3.8, 4) is 0 Å². The Kier molecular flexibility index (Phi) is 3.62. The van der Waals surface area contributed by atoms with Crippen LogP contribution in [0.3, 0.4) is 0 Å². The van der Waals surface area contributed by atoms with Gasteiger partial charge in [0.25, 0.3) is 5.92 Å². The topological polar surface area (TPSA) is 41.5 Å². The summed E-state index contributed by atoms with van der Waals surface area (Å²) in [4.78, 5) is 0. The minimum absolute atomic E-state index is 0.125. The number of aliphatic hydroxyl groups excluding tert-OH is 1. The van der Waals surface area contributed by atoms with Crippen LogP contribution in [0, 0.1) is 0 Å². The van der Waals surface area contributed by atoms with Gasteiger partial charge in [0.05, 0.1) is 17.7 Å². The zero-order valence-electron chi connectivity index (χ0n) is 10.3. The molecule has 96 valence electrons. The maximum atomic E-state index is 12.9. The van der Waals surface area contributed by atoms with Crippen LogP contribution >= 0.6 is 0 Å². The van der Waals surface area contributed by atoms with E-state index in [9.17, 15) is 8.78 Å². The molecule has 0 amide bonds. The zero-order chi connectivity index (χ0) is 12.6. The molecular formula is C11H21F2NO2. The summed E-state index contributed by atoms with van der Waals surface area (Å²) < 4.78 is 31.6. The second-order valence-corrected chi connectivity index (χ2v) is 5.62. The van der Waals surface area contributed by atoms with Gasteiger partial charge in [0, 0.05) is 6.04 Å². The average molecular weight is 237 g/mol. The van der Waals surface area contributed by atoms with Gasteiger partial charge in [-0.15, -0.1) is 0 Å². The number of hydrogen-bond acceptors (Lipinski definition) is 3. The van der Waals surface area contributed by atoms with Gasteiger partial charge in [0.1, 0.15) is 6.61 Å². The second kappa shape index (κ2) is 4.20. The molecule has 1 aliphatic rings. The lowest BCUT2D eigenvalue weighted by Crippen LogP contribution is -2.48. The maximum Gasteiger partial charge on any atom is 0.282 e. The first kappa shape index (κ1) is 13.8. The Morgan fingerprint density at radius 1 is 1.38 bits per heavy atom. The van der Waals surface area contributed by atoms with E-state index < -0.39 is 24.7 Å². The number of nitrogens with one attached hydrogen (secondary N) is 1. The molecule has 0 radical (unpaired) electrons. The van der Waals surface area contributed by atoms with E-state index in [4.69, 9.17) is 9.84 Å². The minimum Gasteiger partial charge on any atom is -0.390 e. The minimum atomic E-state index is -3.07. The van der Waals surface area contributed by atoms with Crippen LogP contribution in [0.5, 0.6) is 0 Å². The molecule has 0 aromatic rings. The number of aliphatic hydroxyl groups is 1. The van der Waals surface area contributed by atoms with E-state index in [-0.39, 0.29) is 11.6 Å². The van der Waals surface area contributed by atoms with Crippen LogP contribution in [0.25, 0.3) is 0 Å². The summed E-state index contributed by atoms with van der Waals surface area (Å²) in [5, 5.41) is 11.3. The molecule has 3 nitrogen and oxygen atoms in total. The van der Waals surface area contributed by atoms with Crippen LogP contribution in [0.1, 0.15) is 34.1 Å². The van der Waals surface area contributed by atoms with Crippen molar-refractivity contribution >= 4 is 0 Å². The lowest BCUT2D eigenvalue weighted by Gasteiger charge is -2.28. The highest BCUT2D eigenvalue weighted by Crippen LogP contribution is 2.37. The number of hydrogen-bond donors (Lipinski definition) is 2. The van der Waals surface area contributed by atoms with Crippen LogP contribution in [-0.4, -0.2) is 41.4 Å². The van der Waals surface area contributed by atoms with Gasteiger partial charge in [-0.05, 0) is 34.1 Å². The molecule has 1 unspecified atom stereocenters. The zero-order valence-corrected chi connectivity index (χ0v) is 10.3. The summed E-state index contributed by atoms with van der Waals surface area (Å²) in [6.45, 7) is 6.02. The first-order valence-corrected chi connectivity index (χ1v) is 5.50. The third-order valence-electron chi connectivity index (χ3n) is 2.91. The molecule has 1 fully saturated rings. The third kappa shape index (κ3) is 3.37. The summed E-state index contributed by atoms with van der Waals surface area (Å²) in [5.74, 6) is -3.07. The molecule has 0 spiro atoms. The summed E-state index contributed by atoms with van der Waals surface area (Å²) in [6, 6.07) is -0.125. The van der Waals surface area contributed by atoms with Crippen molar-refractivity contribution in [3.63, 3.8) is 0 Å². The van der Waals surface area contributed by atoms with Crippen LogP contribution < -0.4 is 5.32 Å². The molecule has 1 saturated heterocycles. The van der Waals surface area contributed by atoms with Crippen LogP contribution in [0.15, 0.2) is 0 Å². The lowest BCUT2D eigenvalue weighted by molar-refractivity contribution is -0.0762. The van der Waals surface area contributed by atoms with Gasteiger partial charge in [-0.1, -0.05) is 0 Å². The van der Waals surface area contributed by atoms with E-state index in [1.54, 1.807) is 0 Å². The first-order chi connectivity index (χ1) is 7.08. The standard InChI is InChI=1S/C11H21F2NO2/c1-9(2)5-8(10(3,4)16-9)14-6-11(12,13)7-15/h8,14-15H,5-7H2,1-4H3. The van der Waals surface area contributed by atoms with E-state index in [2.05, 4.69) is 5.32 Å². The molecule has 1 rings (SSSR count). The van der Waals surface area contributed by atoms with E-state index in [1.807, 2.05) is 27.7 Å². The molecule has 0 bridgehead atoms. The quantitative estimate of drug-likeness (QED) is 0.779. The van der Waals surface area contributed by atoms with Crippen molar-refractivity contribution in [2.75, 3.05) is 13.2 Å². The summed E-state index contributed by atoms with van der Waals surface area (Å²) in [7, 11) is 0. The molecule has 16 heavy (non-hydrogen) atoms. The van der Waals surface area contributed by atoms with Crippen LogP contribution in [-0.2, 0) is 4.74 Å². The smallest absolute Gasteiger partial charge is 0.282 e. The maximum absolute atomic E-state index is 12.9. The molecule has 2 N–H and O–H groups in total. The van der Waals surface area contributed by atoms with Crippen molar-refractivity contribution in [2.45, 2.75) is 57.3 Å². The van der Waals surface area contributed by atoms with Gasteiger partial charge in [-0.25, -0.2) is 8.78 Å². The highest BCUT2D eigenvalue weighted by molar-refractivity contribution is 4.99. The van der Waals surface area contributed by atoms with Gasteiger partial charge in [0.15, 0.2) is 0 Å². The molecule has 5 heteroatoms. The first-order valence-electron chi connectivity index (χ1n) is 5.50. The summed E-state index contributed by atoms with van der Waals surface area (Å²) in [5.41, 5.74) is -0.759. The largest absolute Gasteiger partial charge is 0.390 e. The van der Waals surface area contributed by atoms with Gasteiger partial charge in [0.2, 0.25) is 0 Å². The van der Waals surface area contributed by atoms with E-state index >= 15 is 0 Å². The molecular weight excluding hydrogens is 216 g/mol.